The van der Waals surface area contributed by atoms with Crippen LogP contribution in [0.4, 0.5) is 0 Å². The summed E-state index contributed by atoms with van der Waals surface area (Å²) < 4.78 is 31.9. The van der Waals surface area contributed by atoms with Crippen LogP contribution in [0.3, 0.4) is 0 Å². The Labute approximate surface area is 109 Å². The summed E-state index contributed by atoms with van der Waals surface area (Å²) in [6, 6.07) is 3.82. The maximum Gasteiger partial charge on any atom is 0.281 e. The largest absolute Gasteiger partial charge is 0.464 e. The van der Waals surface area contributed by atoms with Crippen molar-refractivity contribution in [3.63, 3.8) is 0 Å². The quantitative estimate of drug-likeness (QED) is 0.819. The van der Waals surface area contributed by atoms with E-state index in [2.05, 4.69) is 6.92 Å². The number of furan rings is 1. The molecule has 1 aliphatic rings. The van der Waals surface area contributed by atoms with Crippen molar-refractivity contribution in [2.45, 2.75) is 25.8 Å². The Hall–Kier alpha value is -0.850. The maximum atomic E-state index is 11.8. The van der Waals surface area contributed by atoms with Gasteiger partial charge in [0, 0.05) is 27.1 Å². The van der Waals surface area contributed by atoms with Crippen molar-refractivity contribution in [3.8, 4) is 0 Å². The second-order valence-electron chi connectivity index (χ2n) is 5.17. The van der Waals surface area contributed by atoms with Crippen molar-refractivity contribution < 1.29 is 12.8 Å². The van der Waals surface area contributed by atoms with Crippen molar-refractivity contribution >= 4 is 10.2 Å². The zero-order chi connectivity index (χ0) is 13.5. The minimum Gasteiger partial charge on any atom is -0.464 e. The highest BCUT2D eigenvalue weighted by Gasteiger charge is 2.36. The van der Waals surface area contributed by atoms with Crippen LogP contribution >= 0.6 is 0 Å². The minimum atomic E-state index is -3.37. The first kappa shape index (κ1) is 13.6. The van der Waals surface area contributed by atoms with E-state index in [0.29, 0.717) is 17.6 Å². The van der Waals surface area contributed by atoms with E-state index in [0.717, 1.165) is 5.76 Å². The van der Waals surface area contributed by atoms with Gasteiger partial charge in [-0.1, -0.05) is 6.92 Å². The van der Waals surface area contributed by atoms with E-state index >= 15 is 0 Å². The van der Waals surface area contributed by atoms with Crippen LogP contribution in [0.5, 0.6) is 0 Å². The Bertz CT molecular complexity index is 521. The molecule has 0 aliphatic heterocycles. The fraction of sp³-hybridized carbons (Fsp3) is 0.667. The molecule has 0 aromatic carbocycles. The molecule has 18 heavy (non-hydrogen) atoms. The van der Waals surface area contributed by atoms with E-state index < -0.39 is 10.2 Å². The molecule has 1 fully saturated rings. The van der Waals surface area contributed by atoms with Gasteiger partial charge in [0.25, 0.3) is 10.2 Å². The molecule has 0 radical (unpaired) electrons. The molecule has 1 aromatic heterocycles. The van der Waals surface area contributed by atoms with Crippen LogP contribution < -0.4 is 0 Å². The van der Waals surface area contributed by atoms with Gasteiger partial charge in [-0.2, -0.15) is 17.0 Å². The summed E-state index contributed by atoms with van der Waals surface area (Å²) >= 11 is 0. The minimum absolute atomic E-state index is 0.265. The Kier molecular flexibility index (Phi) is 3.53. The Morgan fingerprint density at radius 3 is 2.44 bits per heavy atom. The highest BCUT2D eigenvalue weighted by Crippen LogP contribution is 2.47. The van der Waals surface area contributed by atoms with Crippen LogP contribution in [-0.2, 0) is 16.8 Å². The molecule has 1 heterocycles. The molecule has 2 atom stereocenters. The Balaban J connectivity index is 2.03. The predicted molar refractivity (Wildman–Crippen MR) is 69.3 cm³/mol. The fourth-order valence-corrected chi connectivity index (χ4v) is 2.83. The van der Waals surface area contributed by atoms with E-state index in [9.17, 15) is 8.42 Å². The van der Waals surface area contributed by atoms with Gasteiger partial charge in [0.05, 0.1) is 6.54 Å². The van der Waals surface area contributed by atoms with Gasteiger partial charge in [0.15, 0.2) is 0 Å². The second-order valence-corrected chi connectivity index (χ2v) is 7.42. The third kappa shape index (κ3) is 2.60. The zero-order valence-corrected chi connectivity index (χ0v) is 12.1. The first-order chi connectivity index (χ1) is 8.32. The van der Waals surface area contributed by atoms with Crippen molar-refractivity contribution in [2.24, 2.45) is 5.92 Å². The van der Waals surface area contributed by atoms with Crippen LogP contribution in [0, 0.1) is 5.92 Å². The monoisotopic (exact) mass is 272 g/mol. The lowest BCUT2D eigenvalue weighted by Gasteiger charge is -2.20. The SMILES string of the molecule is C[C@@H]1C[C@@H]1c1ccc(CN(C)S(=O)(=O)N(C)C)o1. The topological polar surface area (TPSA) is 53.8 Å². The van der Waals surface area contributed by atoms with Crippen LogP contribution in [0.25, 0.3) is 0 Å². The molecule has 0 unspecified atom stereocenters. The fourth-order valence-electron chi connectivity index (χ4n) is 1.98. The molecule has 1 aromatic rings. The number of hydrogen-bond acceptors (Lipinski definition) is 3. The van der Waals surface area contributed by atoms with E-state index in [1.54, 1.807) is 7.05 Å². The summed E-state index contributed by atoms with van der Waals surface area (Å²) in [6.45, 7) is 2.46. The van der Waals surface area contributed by atoms with Gasteiger partial charge in [-0.3, -0.25) is 0 Å². The van der Waals surface area contributed by atoms with E-state index in [1.807, 2.05) is 12.1 Å². The summed E-state index contributed by atoms with van der Waals surface area (Å²) in [7, 11) is 1.22. The summed E-state index contributed by atoms with van der Waals surface area (Å²) in [5, 5.41) is 0. The van der Waals surface area contributed by atoms with E-state index in [-0.39, 0.29) is 6.54 Å². The van der Waals surface area contributed by atoms with Crippen molar-refractivity contribution in [1.29, 1.82) is 0 Å². The molecule has 5 nitrogen and oxygen atoms in total. The van der Waals surface area contributed by atoms with Gasteiger partial charge in [-0.25, -0.2) is 0 Å². The third-order valence-corrected chi connectivity index (χ3v) is 5.23. The van der Waals surface area contributed by atoms with Crippen LogP contribution in [0.15, 0.2) is 16.5 Å². The van der Waals surface area contributed by atoms with Gasteiger partial charge in [0.2, 0.25) is 0 Å². The lowest BCUT2D eigenvalue weighted by molar-refractivity contribution is 0.368. The average molecular weight is 272 g/mol. The molecule has 0 N–H and O–H groups in total. The number of rotatable bonds is 5. The summed E-state index contributed by atoms with van der Waals surface area (Å²) in [5.41, 5.74) is 0. The summed E-state index contributed by atoms with van der Waals surface area (Å²) in [5.74, 6) is 2.88. The first-order valence-corrected chi connectivity index (χ1v) is 7.44. The molecular weight excluding hydrogens is 252 g/mol. The lowest BCUT2D eigenvalue weighted by atomic mass is 10.3. The molecular formula is C12H20N2O3S. The van der Waals surface area contributed by atoms with Gasteiger partial charge in [-0.05, 0) is 24.5 Å². The molecule has 1 aliphatic carbocycles. The van der Waals surface area contributed by atoms with Gasteiger partial charge in [-0.15, -0.1) is 0 Å². The Morgan fingerprint density at radius 2 is 1.94 bits per heavy atom. The third-order valence-electron chi connectivity index (χ3n) is 3.39. The Morgan fingerprint density at radius 1 is 1.33 bits per heavy atom. The molecule has 0 saturated heterocycles. The molecule has 0 bridgehead atoms. The summed E-state index contributed by atoms with van der Waals surface area (Å²) in [6.07, 6.45) is 1.17. The predicted octanol–water partition coefficient (Wildman–Crippen LogP) is 1.64. The molecule has 1 saturated carbocycles. The zero-order valence-electron chi connectivity index (χ0n) is 11.3. The van der Waals surface area contributed by atoms with Gasteiger partial charge >= 0.3 is 0 Å². The van der Waals surface area contributed by atoms with Gasteiger partial charge in [0.1, 0.15) is 11.5 Å². The lowest BCUT2D eigenvalue weighted by Crippen LogP contribution is -2.36. The molecule has 0 amide bonds. The highest BCUT2D eigenvalue weighted by atomic mass is 32.2. The van der Waals surface area contributed by atoms with Crippen molar-refractivity contribution in [1.82, 2.24) is 8.61 Å². The number of hydrogen-bond donors (Lipinski definition) is 0. The second kappa shape index (κ2) is 4.68. The smallest absolute Gasteiger partial charge is 0.281 e. The summed E-state index contributed by atoms with van der Waals surface area (Å²) in [4.78, 5) is 0. The van der Waals surface area contributed by atoms with Crippen LogP contribution in [-0.4, -0.2) is 38.2 Å². The first-order valence-electron chi connectivity index (χ1n) is 6.04. The van der Waals surface area contributed by atoms with Crippen LogP contribution in [0.1, 0.15) is 30.8 Å². The normalized spacial score (nSPS) is 23.9. The van der Waals surface area contributed by atoms with E-state index in [1.165, 1.54) is 29.1 Å². The molecule has 102 valence electrons. The molecule has 2 rings (SSSR count). The standard InChI is InChI=1S/C12H20N2O3S/c1-9-7-11(9)12-6-5-10(17-12)8-14(4)18(15,16)13(2)3/h5-6,9,11H,7-8H2,1-4H3/t9-,11+/m1/s1. The van der Waals surface area contributed by atoms with Gasteiger partial charge < -0.3 is 4.42 Å². The molecule has 6 heteroatoms. The number of nitrogens with zero attached hydrogens (tertiary/aromatic N) is 2. The maximum absolute atomic E-state index is 11.8. The van der Waals surface area contributed by atoms with Crippen molar-refractivity contribution in [2.75, 3.05) is 21.1 Å². The van der Waals surface area contributed by atoms with Crippen molar-refractivity contribution in [3.05, 3.63) is 23.7 Å². The van der Waals surface area contributed by atoms with Crippen LogP contribution in [0.2, 0.25) is 0 Å². The average Bonchev–Trinajstić information content (AvgIpc) is 2.84. The van der Waals surface area contributed by atoms with E-state index in [4.69, 9.17) is 4.42 Å². The molecule has 0 spiro atoms. The highest BCUT2D eigenvalue weighted by molar-refractivity contribution is 7.86.